The number of nitrogens with zero attached hydrogens (tertiary/aromatic N) is 3. The standard InChI is InChI=1S/C21H35N5O.HI/c1-4-22-21(23-12-8-14-26-13-7-11-20(26)27)24-16-18-9-6-10-19(15-18)17-25(3)5-2;/h6,9-10,15H,4-5,7-8,11-14,16-17H2,1-3H3,(H2,22,23,24);1H. The van der Waals surface area contributed by atoms with Crippen LogP contribution in [0.5, 0.6) is 0 Å². The Balaban J connectivity index is 0.00000392. The molecule has 1 aliphatic rings. The molecule has 28 heavy (non-hydrogen) atoms. The quantitative estimate of drug-likeness (QED) is 0.224. The first-order chi connectivity index (χ1) is 13.1. The number of carbonyl (C=O) groups excluding carboxylic acids is 1. The maximum atomic E-state index is 11.6. The van der Waals surface area contributed by atoms with E-state index in [2.05, 4.69) is 60.7 Å². The zero-order chi connectivity index (χ0) is 19.5. The lowest BCUT2D eigenvalue weighted by Crippen LogP contribution is -2.39. The van der Waals surface area contributed by atoms with Crippen molar-refractivity contribution in [1.82, 2.24) is 20.4 Å². The maximum absolute atomic E-state index is 11.6. The highest BCUT2D eigenvalue weighted by molar-refractivity contribution is 14.0. The molecule has 1 aromatic rings. The molecule has 0 unspecified atom stereocenters. The third-order valence-corrected chi connectivity index (χ3v) is 4.82. The number of halogens is 1. The predicted octanol–water partition coefficient (Wildman–Crippen LogP) is 2.82. The van der Waals surface area contributed by atoms with E-state index in [1.807, 2.05) is 4.90 Å². The second-order valence-electron chi connectivity index (χ2n) is 7.11. The minimum atomic E-state index is 0. The first-order valence-electron chi connectivity index (χ1n) is 10.2. The largest absolute Gasteiger partial charge is 0.357 e. The van der Waals surface area contributed by atoms with E-state index in [1.165, 1.54) is 11.1 Å². The summed E-state index contributed by atoms with van der Waals surface area (Å²) in [6.07, 6.45) is 2.66. The number of carbonyl (C=O) groups is 1. The lowest BCUT2D eigenvalue weighted by atomic mass is 10.1. The van der Waals surface area contributed by atoms with Crippen LogP contribution in [0.25, 0.3) is 0 Å². The van der Waals surface area contributed by atoms with Crippen molar-refractivity contribution in [2.75, 3.05) is 39.8 Å². The summed E-state index contributed by atoms with van der Waals surface area (Å²) in [5.41, 5.74) is 2.54. The fraction of sp³-hybridized carbons (Fsp3) is 0.619. The normalized spacial score (nSPS) is 14.4. The van der Waals surface area contributed by atoms with E-state index in [-0.39, 0.29) is 24.0 Å². The molecule has 0 aliphatic carbocycles. The third kappa shape index (κ3) is 8.77. The molecule has 0 radical (unpaired) electrons. The minimum Gasteiger partial charge on any atom is -0.357 e. The van der Waals surface area contributed by atoms with E-state index in [0.717, 1.165) is 58.1 Å². The highest BCUT2D eigenvalue weighted by atomic mass is 127. The summed E-state index contributed by atoms with van der Waals surface area (Å²) in [6.45, 7) is 10.3. The highest BCUT2D eigenvalue weighted by Gasteiger charge is 2.18. The van der Waals surface area contributed by atoms with Gasteiger partial charge in [0.05, 0.1) is 6.54 Å². The van der Waals surface area contributed by atoms with Crippen LogP contribution in [-0.4, -0.2) is 61.4 Å². The van der Waals surface area contributed by atoms with Gasteiger partial charge in [0, 0.05) is 39.1 Å². The monoisotopic (exact) mass is 501 g/mol. The summed E-state index contributed by atoms with van der Waals surface area (Å²) in [4.78, 5) is 20.6. The van der Waals surface area contributed by atoms with Crippen LogP contribution in [0.15, 0.2) is 29.3 Å². The molecule has 2 rings (SSSR count). The zero-order valence-electron chi connectivity index (χ0n) is 17.5. The van der Waals surface area contributed by atoms with Crippen LogP contribution in [0.3, 0.4) is 0 Å². The second kappa shape index (κ2) is 13.8. The lowest BCUT2D eigenvalue weighted by molar-refractivity contribution is -0.127. The Morgan fingerprint density at radius 1 is 1.25 bits per heavy atom. The molecule has 0 spiro atoms. The molecule has 0 saturated carbocycles. The average Bonchev–Trinajstić information content (AvgIpc) is 3.08. The number of rotatable bonds is 10. The van der Waals surface area contributed by atoms with E-state index in [9.17, 15) is 4.79 Å². The van der Waals surface area contributed by atoms with Crippen molar-refractivity contribution in [2.24, 2.45) is 4.99 Å². The van der Waals surface area contributed by atoms with Gasteiger partial charge >= 0.3 is 0 Å². The minimum absolute atomic E-state index is 0. The van der Waals surface area contributed by atoms with Crippen molar-refractivity contribution in [3.8, 4) is 0 Å². The second-order valence-corrected chi connectivity index (χ2v) is 7.11. The van der Waals surface area contributed by atoms with E-state index in [1.54, 1.807) is 0 Å². The molecule has 1 saturated heterocycles. The zero-order valence-corrected chi connectivity index (χ0v) is 19.9. The third-order valence-electron chi connectivity index (χ3n) is 4.82. The van der Waals surface area contributed by atoms with Crippen LogP contribution < -0.4 is 10.6 Å². The molecule has 0 aromatic heterocycles. The first kappa shape index (κ1) is 24.7. The average molecular weight is 501 g/mol. The van der Waals surface area contributed by atoms with Crippen molar-refractivity contribution in [2.45, 2.75) is 46.2 Å². The van der Waals surface area contributed by atoms with E-state index < -0.39 is 0 Å². The Morgan fingerprint density at radius 2 is 2.04 bits per heavy atom. The molecule has 1 aromatic carbocycles. The molecule has 7 heteroatoms. The van der Waals surface area contributed by atoms with Crippen molar-refractivity contribution in [3.05, 3.63) is 35.4 Å². The van der Waals surface area contributed by atoms with Gasteiger partial charge in [-0.3, -0.25) is 4.79 Å². The molecule has 1 heterocycles. The summed E-state index contributed by atoms with van der Waals surface area (Å²) < 4.78 is 0. The summed E-state index contributed by atoms with van der Waals surface area (Å²) >= 11 is 0. The summed E-state index contributed by atoms with van der Waals surface area (Å²) in [5, 5.41) is 6.67. The number of benzene rings is 1. The summed E-state index contributed by atoms with van der Waals surface area (Å²) in [5.74, 6) is 1.13. The predicted molar refractivity (Wildman–Crippen MR) is 127 cm³/mol. The molecule has 158 valence electrons. The number of guanidine groups is 1. The molecular formula is C21H36IN5O. The molecule has 0 bridgehead atoms. The fourth-order valence-corrected chi connectivity index (χ4v) is 3.18. The van der Waals surface area contributed by atoms with Gasteiger partial charge in [0.25, 0.3) is 0 Å². The molecule has 6 nitrogen and oxygen atoms in total. The first-order valence-corrected chi connectivity index (χ1v) is 10.2. The van der Waals surface area contributed by atoms with Crippen LogP contribution in [0, 0.1) is 0 Å². The topological polar surface area (TPSA) is 60.0 Å². The number of likely N-dealkylation sites (tertiary alicyclic amines) is 1. The van der Waals surface area contributed by atoms with Crippen LogP contribution >= 0.6 is 24.0 Å². The Labute approximate surface area is 187 Å². The van der Waals surface area contributed by atoms with Gasteiger partial charge in [0.1, 0.15) is 0 Å². The van der Waals surface area contributed by atoms with Crippen molar-refractivity contribution in [3.63, 3.8) is 0 Å². The van der Waals surface area contributed by atoms with Gasteiger partial charge in [-0.2, -0.15) is 0 Å². The van der Waals surface area contributed by atoms with Crippen LogP contribution in [0.2, 0.25) is 0 Å². The van der Waals surface area contributed by atoms with Gasteiger partial charge in [-0.05, 0) is 44.5 Å². The van der Waals surface area contributed by atoms with Crippen molar-refractivity contribution < 1.29 is 4.79 Å². The van der Waals surface area contributed by atoms with Gasteiger partial charge in [-0.1, -0.05) is 31.2 Å². The molecule has 0 atom stereocenters. The van der Waals surface area contributed by atoms with Gasteiger partial charge in [-0.15, -0.1) is 24.0 Å². The number of aliphatic imine (C=N–C) groups is 1. The lowest BCUT2D eigenvalue weighted by Gasteiger charge is -2.16. The Kier molecular flexibility index (Phi) is 12.1. The van der Waals surface area contributed by atoms with Crippen LogP contribution in [0.1, 0.15) is 44.2 Å². The maximum Gasteiger partial charge on any atom is 0.222 e. The molecule has 1 amide bonds. The summed E-state index contributed by atoms with van der Waals surface area (Å²) in [6, 6.07) is 8.64. The van der Waals surface area contributed by atoms with E-state index >= 15 is 0 Å². The molecular weight excluding hydrogens is 465 g/mol. The smallest absolute Gasteiger partial charge is 0.222 e. The number of nitrogens with one attached hydrogen (secondary N) is 2. The summed E-state index contributed by atoms with van der Waals surface area (Å²) in [7, 11) is 2.13. The van der Waals surface area contributed by atoms with E-state index in [0.29, 0.717) is 18.9 Å². The SMILES string of the molecule is CCNC(=NCc1cccc(CN(C)CC)c1)NCCCN1CCCC1=O.I. The van der Waals surface area contributed by atoms with Gasteiger partial charge in [-0.25, -0.2) is 4.99 Å². The number of hydrogen-bond donors (Lipinski definition) is 2. The van der Waals surface area contributed by atoms with Gasteiger partial charge < -0.3 is 20.4 Å². The molecule has 1 aliphatic heterocycles. The van der Waals surface area contributed by atoms with Crippen molar-refractivity contribution in [1.29, 1.82) is 0 Å². The Hall–Kier alpha value is -1.35. The van der Waals surface area contributed by atoms with Crippen LogP contribution in [-0.2, 0) is 17.9 Å². The van der Waals surface area contributed by atoms with E-state index in [4.69, 9.17) is 4.99 Å². The highest BCUT2D eigenvalue weighted by Crippen LogP contribution is 2.10. The number of hydrogen-bond acceptors (Lipinski definition) is 3. The van der Waals surface area contributed by atoms with Gasteiger partial charge in [0.15, 0.2) is 5.96 Å². The Bertz CT molecular complexity index is 623. The number of amides is 1. The molecule has 2 N–H and O–H groups in total. The Morgan fingerprint density at radius 3 is 2.71 bits per heavy atom. The van der Waals surface area contributed by atoms with Crippen molar-refractivity contribution >= 4 is 35.8 Å². The molecule has 1 fully saturated rings. The van der Waals surface area contributed by atoms with Crippen LogP contribution in [0.4, 0.5) is 0 Å². The fourth-order valence-electron chi connectivity index (χ4n) is 3.18. The van der Waals surface area contributed by atoms with Gasteiger partial charge in [0.2, 0.25) is 5.91 Å².